The number of hydrogen-bond acceptors (Lipinski definition) is 4. The maximum atomic E-state index is 9.78. The minimum absolute atomic E-state index is 0.179. The molecule has 236 valence electrons. The highest BCUT2D eigenvalue weighted by molar-refractivity contribution is 7.21. The van der Waals surface area contributed by atoms with Gasteiger partial charge < -0.3 is 14.4 Å². The van der Waals surface area contributed by atoms with E-state index in [9.17, 15) is 5.26 Å². The number of para-hydroxylation sites is 2. The van der Waals surface area contributed by atoms with Gasteiger partial charge in [-0.3, -0.25) is 0 Å². The lowest BCUT2D eigenvalue weighted by Gasteiger charge is -2.45. The third-order valence-electron chi connectivity index (χ3n) is 10.5. The van der Waals surface area contributed by atoms with E-state index < -0.39 is 8.07 Å². The summed E-state index contributed by atoms with van der Waals surface area (Å²) in [6, 6.07) is 57.3. The molecule has 5 nitrogen and oxygen atoms in total. The Bertz CT molecular complexity index is 2470. The zero-order valence-corrected chi connectivity index (χ0v) is 28.2. The number of nitrogens with zero attached hydrogens (tertiary/aromatic N) is 3. The van der Waals surface area contributed by atoms with Gasteiger partial charge >= 0.3 is 0 Å². The molecule has 0 aromatic heterocycles. The van der Waals surface area contributed by atoms with Crippen molar-refractivity contribution in [2.75, 3.05) is 4.90 Å². The van der Waals surface area contributed by atoms with Gasteiger partial charge in [-0.2, -0.15) is 5.26 Å². The SMILES string of the molecule is [C-]#[N+]c1ccc2c(c1)Oc1cc(N3c4ccccc4[Si](c4ccccc4)(c4ccccc4)c4ccccc43)cc3c1B2c1ccc(C#N)cc1O3. The van der Waals surface area contributed by atoms with Crippen LogP contribution in [0.3, 0.4) is 0 Å². The van der Waals surface area contributed by atoms with Gasteiger partial charge in [0.25, 0.3) is 6.71 Å². The third kappa shape index (κ3) is 4.13. The van der Waals surface area contributed by atoms with Crippen LogP contribution in [0.5, 0.6) is 23.0 Å². The van der Waals surface area contributed by atoms with Crippen molar-refractivity contribution in [3.63, 3.8) is 0 Å². The summed E-state index contributed by atoms with van der Waals surface area (Å²) in [7, 11) is -2.78. The molecule has 0 atom stereocenters. The topological polar surface area (TPSA) is 49.8 Å². The quantitative estimate of drug-likeness (QED) is 0.172. The molecule has 0 spiro atoms. The largest absolute Gasteiger partial charge is 0.460 e. The third-order valence-corrected chi connectivity index (χ3v) is 15.3. The number of fused-ring (bicyclic) bond motifs is 6. The first kappa shape index (κ1) is 29.1. The minimum atomic E-state index is -2.78. The first-order valence-corrected chi connectivity index (χ1v) is 18.9. The predicted molar refractivity (Wildman–Crippen MR) is 207 cm³/mol. The molecule has 0 radical (unpaired) electrons. The molecule has 7 heteroatoms. The van der Waals surface area contributed by atoms with Gasteiger partial charge in [-0.25, -0.2) is 4.85 Å². The fourth-order valence-electron chi connectivity index (χ4n) is 8.42. The van der Waals surface area contributed by atoms with Crippen molar-refractivity contribution >= 4 is 74.7 Å². The van der Waals surface area contributed by atoms with Gasteiger partial charge in [0.2, 0.25) is 0 Å². The second-order valence-electron chi connectivity index (χ2n) is 13.0. The molecule has 0 bridgehead atoms. The van der Waals surface area contributed by atoms with Gasteiger partial charge in [-0.15, -0.1) is 0 Å². The van der Waals surface area contributed by atoms with E-state index in [-0.39, 0.29) is 6.71 Å². The standard InChI is InChI=1S/C44H26BN3O2Si/c1-47-30-21-23-35-39(25-30)50-41-27-31(26-40-44(41)45(35)34-22-20-29(28-46)24-38(34)49-40)48-36-16-8-10-18-42(36)51(32-12-4-2-5-13-32,33-14-6-3-7-15-33)43-19-11-9-17-37(43)48/h2-27H. The molecule has 0 N–H and O–H groups in total. The molecule has 7 aromatic rings. The lowest BCUT2D eigenvalue weighted by Crippen LogP contribution is -2.77. The minimum Gasteiger partial charge on any atom is -0.460 e. The molecule has 3 heterocycles. The van der Waals surface area contributed by atoms with Crippen LogP contribution in [0.2, 0.25) is 0 Å². The Labute approximate surface area is 297 Å². The first-order valence-electron chi connectivity index (χ1n) is 16.9. The Morgan fingerprint density at radius 2 is 1.12 bits per heavy atom. The zero-order valence-electron chi connectivity index (χ0n) is 27.2. The molecule has 0 aliphatic carbocycles. The van der Waals surface area contributed by atoms with Crippen LogP contribution < -0.4 is 51.5 Å². The molecular formula is C44H26BN3O2Si. The average Bonchev–Trinajstić information content (AvgIpc) is 3.19. The smallest absolute Gasteiger partial charge is 0.260 e. The van der Waals surface area contributed by atoms with E-state index >= 15 is 0 Å². The van der Waals surface area contributed by atoms with Crippen molar-refractivity contribution in [1.29, 1.82) is 5.26 Å². The summed E-state index contributed by atoms with van der Waals surface area (Å²) in [5.41, 5.74) is 7.03. The van der Waals surface area contributed by atoms with Gasteiger partial charge in [0.05, 0.1) is 23.9 Å². The number of hydrogen-bond donors (Lipinski definition) is 0. The van der Waals surface area contributed by atoms with Gasteiger partial charge in [0, 0.05) is 29.0 Å². The molecule has 0 saturated heterocycles. The van der Waals surface area contributed by atoms with E-state index in [4.69, 9.17) is 16.0 Å². The summed E-state index contributed by atoms with van der Waals surface area (Å²) < 4.78 is 13.4. The summed E-state index contributed by atoms with van der Waals surface area (Å²) >= 11 is 0. The van der Waals surface area contributed by atoms with Crippen molar-refractivity contribution < 1.29 is 9.47 Å². The monoisotopic (exact) mass is 667 g/mol. The summed E-state index contributed by atoms with van der Waals surface area (Å²) in [5, 5.41) is 15.0. The summed E-state index contributed by atoms with van der Waals surface area (Å²) in [4.78, 5) is 6.03. The van der Waals surface area contributed by atoms with Gasteiger partial charge in [-0.1, -0.05) is 115 Å². The van der Waals surface area contributed by atoms with E-state index in [1.165, 1.54) is 20.7 Å². The van der Waals surface area contributed by atoms with Gasteiger partial charge in [-0.05, 0) is 62.0 Å². The predicted octanol–water partition coefficient (Wildman–Crippen LogP) is 6.00. The second-order valence-corrected chi connectivity index (χ2v) is 16.8. The van der Waals surface area contributed by atoms with Crippen LogP contribution in [0.15, 0.2) is 158 Å². The van der Waals surface area contributed by atoms with Crippen LogP contribution in [0.1, 0.15) is 5.56 Å². The molecule has 0 saturated carbocycles. The number of rotatable bonds is 3. The molecular weight excluding hydrogens is 641 g/mol. The summed E-state index contributed by atoms with van der Waals surface area (Å²) in [6.07, 6.45) is 0. The van der Waals surface area contributed by atoms with Crippen molar-refractivity contribution in [3.8, 4) is 29.1 Å². The number of ether oxygens (including phenoxy) is 2. The fraction of sp³-hybridized carbons (Fsp3) is 0. The maximum Gasteiger partial charge on any atom is 0.260 e. The zero-order chi connectivity index (χ0) is 34.1. The Balaban J connectivity index is 1.24. The molecule has 3 aliphatic rings. The lowest BCUT2D eigenvalue weighted by molar-refractivity contribution is 0.465. The highest BCUT2D eigenvalue weighted by Gasteiger charge is 2.49. The molecule has 0 unspecified atom stereocenters. The molecule has 3 aliphatic heterocycles. The highest BCUT2D eigenvalue weighted by atomic mass is 28.3. The highest BCUT2D eigenvalue weighted by Crippen LogP contribution is 2.44. The van der Waals surface area contributed by atoms with Gasteiger partial charge in [0.1, 0.15) is 23.0 Å². The fourth-order valence-corrected chi connectivity index (χ4v) is 13.5. The average molecular weight is 668 g/mol. The molecule has 0 amide bonds. The van der Waals surface area contributed by atoms with Crippen LogP contribution in [0.4, 0.5) is 22.7 Å². The normalized spacial score (nSPS) is 13.8. The first-order chi connectivity index (χ1) is 25.2. The molecule has 0 fully saturated rings. The van der Waals surface area contributed by atoms with Crippen molar-refractivity contribution in [2.45, 2.75) is 0 Å². The number of benzene rings is 7. The van der Waals surface area contributed by atoms with E-state index in [1.807, 2.05) is 36.4 Å². The van der Waals surface area contributed by atoms with Gasteiger partial charge in [0.15, 0.2) is 13.8 Å². The van der Waals surface area contributed by atoms with Crippen LogP contribution in [-0.4, -0.2) is 14.8 Å². The lowest BCUT2D eigenvalue weighted by atomic mass is 9.35. The Morgan fingerprint density at radius 1 is 0.588 bits per heavy atom. The Kier molecular flexibility index (Phi) is 6.35. The van der Waals surface area contributed by atoms with Crippen molar-refractivity contribution in [3.05, 3.63) is 175 Å². The molecule has 10 rings (SSSR count). The number of nitriles is 1. The number of anilines is 3. The van der Waals surface area contributed by atoms with Crippen LogP contribution in [0, 0.1) is 17.9 Å². The Morgan fingerprint density at radius 3 is 1.69 bits per heavy atom. The van der Waals surface area contributed by atoms with E-state index in [2.05, 4.69) is 137 Å². The van der Waals surface area contributed by atoms with E-state index in [0.717, 1.165) is 33.5 Å². The molecule has 51 heavy (non-hydrogen) atoms. The van der Waals surface area contributed by atoms with E-state index in [0.29, 0.717) is 34.2 Å². The maximum absolute atomic E-state index is 9.78. The van der Waals surface area contributed by atoms with Crippen molar-refractivity contribution in [2.24, 2.45) is 0 Å². The van der Waals surface area contributed by atoms with Crippen molar-refractivity contribution in [1.82, 2.24) is 0 Å². The van der Waals surface area contributed by atoms with Crippen LogP contribution >= 0.6 is 0 Å². The van der Waals surface area contributed by atoms with Crippen LogP contribution in [0.25, 0.3) is 4.85 Å². The van der Waals surface area contributed by atoms with Crippen LogP contribution in [-0.2, 0) is 0 Å². The summed E-state index contributed by atoms with van der Waals surface area (Å²) in [6.45, 7) is 7.51. The Hall–Kier alpha value is -6.80. The summed E-state index contributed by atoms with van der Waals surface area (Å²) in [5.74, 6) is 2.67. The van der Waals surface area contributed by atoms with E-state index in [1.54, 1.807) is 0 Å². The molecule has 7 aromatic carbocycles. The second kappa shape index (κ2) is 11.1.